The van der Waals surface area contributed by atoms with E-state index >= 15 is 0 Å². The van der Waals surface area contributed by atoms with Crippen molar-refractivity contribution in [3.63, 3.8) is 0 Å². The van der Waals surface area contributed by atoms with Crippen molar-refractivity contribution in [2.45, 2.75) is 43.5 Å². The van der Waals surface area contributed by atoms with Crippen LogP contribution in [0.25, 0.3) is 0 Å². The summed E-state index contributed by atoms with van der Waals surface area (Å²) >= 11 is 1.68. The van der Waals surface area contributed by atoms with E-state index in [4.69, 9.17) is 0 Å². The number of carbonyl (C=O) groups is 1. The van der Waals surface area contributed by atoms with Crippen molar-refractivity contribution in [2.75, 3.05) is 6.26 Å². The van der Waals surface area contributed by atoms with Crippen LogP contribution in [0.1, 0.15) is 52.2 Å². The highest BCUT2D eigenvalue weighted by molar-refractivity contribution is 7.90. The van der Waals surface area contributed by atoms with Crippen molar-refractivity contribution >= 4 is 27.1 Å². The van der Waals surface area contributed by atoms with Gasteiger partial charge in [-0.05, 0) is 55.9 Å². The average Bonchev–Trinajstić information content (AvgIpc) is 2.98. The first-order valence-electron chi connectivity index (χ1n) is 8.06. The van der Waals surface area contributed by atoms with Gasteiger partial charge in [-0.3, -0.25) is 4.79 Å². The molecule has 0 radical (unpaired) electrons. The summed E-state index contributed by atoms with van der Waals surface area (Å²) in [6.45, 7) is 1.91. The second-order valence-electron chi connectivity index (χ2n) is 6.29. The number of fused-ring (bicyclic) bond motifs is 1. The lowest BCUT2D eigenvalue weighted by atomic mass is 9.95. The smallest absolute Gasteiger partial charge is 0.252 e. The monoisotopic (exact) mass is 363 g/mol. The molecule has 24 heavy (non-hydrogen) atoms. The number of hydrogen-bond acceptors (Lipinski definition) is 4. The van der Waals surface area contributed by atoms with Crippen LogP contribution in [0.5, 0.6) is 0 Å². The molecule has 4 nitrogen and oxygen atoms in total. The molecule has 1 heterocycles. The third-order valence-corrected chi connectivity index (χ3v) is 6.68. The number of hydrogen-bond donors (Lipinski definition) is 1. The molecule has 1 atom stereocenters. The molecule has 128 valence electrons. The van der Waals surface area contributed by atoms with Crippen LogP contribution >= 0.6 is 11.3 Å². The minimum atomic E-state index is -3.20. The van der Waals surface area contributed by atoms with Gasteiger partial charge in [0.25, 0.3) is 5.91 Å². The molecule has 1 aliphatic carbocycles. The minimum Gasteiger partial charge on any atom is -0.345 e. The summed E-state index contributed by atoms with van der Waals surface area (Å²) in [5, 5.41) is 4.99. The van der Waals surface area contributed by atoms with Crippen LogP contribution in [0.15, 0.2) is 34.5 Å². The molecule has 0 saturated heterocycles. The molecule has 3 rings (SSSR count). The first-order valence-corrected chi connectivity index (χ1v) is 10.8. The van der Waals surface area contributed by atoms with Crippen LogP contribution < -0.4 is 5.32 Å². The molecule has 1 N–H and O–H groups in total. The lowest BCUT2D eigenvalue weighted by molar-refractivity contribution is 0.0939. The second-order valence-corrected chi connectivity index (χ2v) is 9.27. The SMILES string of the molecule is CC(NC(=O)c1csc2c1CCCC2)c1ccc(S(C)(=O)=O)cc1. The van der Waals surface area contributed by atoms with E-state index in [9.17, 15) is 13.2 Å². The molecule has 1 aromatic heterocycles. The Morgan fingerprint density at radius 2 is 1.83 bits per heavy atom. The van der Waals surface area contributed by atoms with Gasteiger partial charge in [0.1, 0.15) is 0 Å². The molecule has 0 bridgehead atoms. The third kappa shape index (κ3) is 3.54. The Morgan fingerprint density at radius 3 is 2.50 bits per heavy atom. The maximum absolute atomic E-state index is 12.6. The van der Waals surface area contributed by atoms with Gasteiger partial charge in [0.2, 0.25) is 0 Å². The first kappa shape index (κ1) is 17.2. The number of rotatable bonds is 4. The topological polar surface area (TPSA) is 63.2 Å². The molecule has 0 spiro atoms. The molecule has 0 aliphatic heterocycles. The number of carbonyl (C=O) groups excluding carboxylic acids is 1. The Morgan fingerprint density at radius 1 is 1.17 bits per heavy atom. The fourth-order valence-corrected chi connectivity index (χ4v) is 4.80. The van der Waals surface area contributed by atoms with Crippen molar-refractivity contribution in [3.8, 4) is 0 Å². The fraction of sp³-hybridized carbons (Fsp3) is 0.389. The van der Waals surface area contributed by atoms with E-state index in [1.807, 2.05) is 12.3 Å². The van der Waals surface area contributed by atoms with Crippen LogP contribution in [0.2, 0.25) is 0 Å². The summed E-state index contributed by atoms with van der Waals surface area (Å²) in [7, 11) is -3.20. The summed E-state index contributed by atoms with van der Waals surface area (Å²) in [4.78, 5) is 14.2. The summed E-state index contributed by atoms with van der Waals surface area (Å²) in [6, 6.07) is 6.50. The molecule has 0 saturated carbocycles. The van der Waals surface area contributed by atoms with Gasteiger partial charge in [-0.1, -0.05) is 12.1 Å². The number of aryl methyl sites for hydroxylation is 1. The average molecular weight is 364 g/mol. The first-order chi connectivity index (χ1) is 11.4. The zero-order chi connectivity index (χ0) is 17.3. The number of sulfone groups is 1. The zero-order valence-electron chi connectivity index (χ0n) is 13.8. The predicted molar refractivity (Wildman–Crippen MR) is 96.4 cm³/mol. The van der Waals surface area contributed by atoms with E-state index in [0.717, 1.165) is 30.4 Å². The molecule has 6 heteroatoms. The normalized spacial score (nSPS) is 15.6. The fourth-order valence-electron chi connectivity index (χ4n) is 3.05. The van der Waals surface area contributed by atoms with Crippen molar-refractivity contribution in [1.82, 2.24) is 5.32 Å². The van der Waals surface area contributed by atoms with Gasteiger partial charge in [0, 0.05) is 16.5 Å². The van der Waals surface area contributed by atoms with Crippen LogP contribution in [-0.4, -0.2) is 20.6 Å². The molecule has 1 unspecified atom stereocenters. The number of thiophene rings is 1. The Labute approximate surface area is 146 Å². The van der Waals surface area contributed by atoms with E-state index in [2.05, 4.69) is 5.32 Å². The highest BCUT2D eigenvalue weighted by Gasteiger charge is 2.21. The van der Waals surface area contributed by atoms with Crippen molar-refractivity contribution in [1.29, 1.82) is 0 Å². The lowest BCUT2D eigenvalue weighted by Crippen LogP contribution is -2.27. The number of nitrogens with one attached hydrogen (secondary N) is 1. The maximum Gasteiger partial charge on any atom is 0.252 e. The zero-order valence-corrected chi connectivity index (χ0v) is 15.5. The van der Waals surface area contributed by atoms with Gasteiger partial charge in [-0.2, -0.15) is 0 Å². The highest BCUT2D eigenvalue weighted by Crippen LogP contribution is 2.30. The third-order valence-electron chi connectivity index (χ3n) is 4.46. The largest absolute Gasteiger partial charge is 0.345 e. The van der Waals surface area contributed by atoms with E-state index in [0.29, 0.717) is 0 Å². The molecule has 1 aromatic carbocycles. The van der Waals surface area contributed by atoms with Gasteiger partial charge < -0.3 is 5.32 Å². The summed E-state index contributed by atoms with van der Waals surface area (Å²) < 4.78 is 23.0. The summed E-state index contributed by atoms with van der Waals surface area (Å²) in [5.74, 6) is -0.0471. The van der Waals surface area contributed by atoms with Crippen LogP contribution in [0.3, 0.4) is 0 Å². The van der Waals surface area contributed by atoms with Gasteiger partial charge in [0.05, 0.1) is 16.5 Å². The van der Waals surface area contributed by atoms with Gasteiger partial charge in [-0.15, -0.1) is 11.3 Å². The lowest BCUT2D eigenvalue weighted by Gasteiger charge is -2.16. The second kappa shape index (κ2) is 6.69. The Balaban J connectivity index is 1.73. The molecule has 2 aromatic rings. The quantitative estimate of drug-likeness (QED) is 0.904. The van der Waals surface area contributed by atoms with E-state index in [-0.39, 0.29) is 16.8 Å². The Bertz CT molecular complexity index is 851. The molecular weight excluding hydrogens is 342 g/mol. The number of amides is 1. The van der Waals surface area contributed by atoms with Gasteiger partial charge in [0.15, 0.2) is 9.84 Å². The maximum atomic E-state index is 12.6. The molecule has 0 fully saturated rings. The highest BCUT2D eigenvalue weighted by atomic mass is 32.2. The van der Waals surface area contributed by atoms with Gasteiger partial charge in [-0.25, -0.2) is 8.42 Å². The van der Waals surface area contributed by atoms with Gasteiger partial charge >= 0.3 is 0 Å². The summed E-state index contributed by atoms with van der Waals surface area (Å²) in [6.07, 6.45) is 5.60. The minimum absolute atomic E-state index is 0.0471. The standard InChI is InChI=1S/C18H21NO3S2/c1-12(13-7-9-14(10-8-13)24(2,21)22)19-18(20)16-11-23-17-6-4-3-5-15(16)17/h7-12H,3-6H2,1-2H3,(H,19,20). The van der Waals surface area contributed by atoms with Crippen LogP contribution in [0.4, 0.5) is 0 Å². The molecule has 1 aliphatic rings. The number of benzene rings is 1. The predicted octanol–water partition coefficient (Wildman–Crippen LogP) is 3.52. The van der Waals surface area contributed by atoms with Crippen LogP contribution in [-0.2, 0) is 22.7 Å². The Hall–Kier alpha value is -1.66. The molecule has 1 amide bonds. The summed E-state index contributed by atoms with van der Waals surface area (Å²) in [5.41, 5.74) is 2.90. The molecular formula is C18H21NO3S2. The van der Waals surface area contributed by atoms with Crippen molar-refractivity contribution < 1.29 is 13.2 Å². The van der Waals surface area contributed by atoms with Crippen molar-refractivity contribution in [3.05, 3.63) is 51.2 Å². The van der Waals surface area contributed by atoms with Crippen molar-refractivity contribution in [2.24, 2.45) is 0 Å². The van der Waals surface area contributed by atoms with Crippen LogP contribution in [0, 0.1) is 0 Å². The van der Waals surface area contributed by atoms with E-state index in [1.165, 1.54) is 23.1 Å². The van der Waals surface area contributed by atoms with E-state index in [1.54, 1.807) is 35.6 Å². The van der Waals surface area contributed by atoms with E-state index < -0.39 is 9.84 Å². The Kier molecular flexibility index (Phi) is 4.78.